The van der Waals surface area contributed by atoms with Crippen LogP contribution in [0.25, 0.3) is 0 Å². The van der Waals surface area contributed by atoms with E-state index < -0.39 is 38.8 Å². The second-order valence-corrected chi connectivity index (χ2v) is 13.7. The lowest BCUT2D eigenvalue weighted by Gasteiger charge is -2.37. The van der Waals surface area contributed by atoms with Gasteiger partial charge >= 0.3 is 0 Å². The number of fused-ring (bicyclic) bond motifs is 1. The van der Waals surface area contributed by atoms with Gasteiger partial charge in [-0.1, -0.05) is 62.4 Å². The maximum Gasteiger partial charge on any atom is 0.262 e. The van der Waals surface area contributed by atoms with Gasteiger partial charge in [-0.15, -0.1) is 0 Å². The Kier molecular flexibility index (Phi) is 7.41. The molecule has 0 aromatic heterocycles. The van der Waals surface area contributed by atoms with Gasteiger partial charge in [0.25, 0.3) is 5.91 Å². The largest absolute Gasteiger partial charge is 0.506 e. The zero-order chi connectivity index (χ0) is 31.2. The third-order valence-electron chi connectivity index (χ3n) is 7.77. The molecule has 6 rings (SSSR count). The molecule has 1 amide bonds. The van der Waals surface area contributed by atoms with Crippen LogP contribution in [0.2, 0.25) is 0 Å². The van der Waals surface area contributed by atoms with E-state index in [1.165, 1.54) is 48.5 Å². The fourth-order valence-electron chi connectivity index (χ4n) is 5.93. The molecule has 2 aliphatic rings. The van der Waals surface area contributed by atoms with E-state index in [-0.39, 0.29) is 63.4 Å². The Morgan fingerprint density at radius 3 is 2.43 bits per heavy atom. The molecule has 0 fully saturated rings. The number of benzene rings is 4. The summed E-state index contributed by atoms with van der Waals surface area (Å²) in [4.78, 5) is 15.1. The van der Waals surface area contributed by atoms with Gasteiger partial charge in [-0.2, -0.15) is 0 Å². The van der Waals surface area contributed by atoms with Crippen LogP contribution in [-0.2, 0) is 16.4 Å². The monoisotopic (exact) mass is 616 g/mol. The van der Waals surface area contributed by atoms with E-state index in [1.807, 2.05) is 30.3 Å². The highest BCUT2D eigenvalue weighted by molar-refractivity contribution is 7.95. The summed E-state index contributed by atoms with van der Waals surface area (Å²) < 4.78 is 65.3. The van der Waals surface area contributed by atoms with Gasteiger partial charge in [0.05, 0.1) is 21.9 Å². The minimum atomic E-state index is -4.12. The van der Waals surface area contributed by atoms with Gasteiger partial charge in [-0.3, -0.25) is 9.69 Å². The molecule has 0 saturated carbocycles. The topological polar surface area (TPSA) is 95.9 Å². The maximum absolute atomic E-state index is 16.3. The van der Waals surface area contributed by atoms with Crippen molar-refractivity contribution in [3.63, 3.8) is 0 Å². The van der Waals surface area contributed by atoms with Gasteiger partial charge < -0.3 is 15.2 Å². The Morgan fingerprint density at radius 1 is 0.977 bits per heavy atom. The van der Waals surface area contributed by atoms with Crippen LogP contribution >= 0.6 is 0 Å². The van der Waals surface area contributed by atoms with Crippen molar-refractivity contribution in [1.29, 1.82) is 0 Å². The fraction of sp³-hybridized carbons (Fsp3) is 0.206. The first kappa shape index (κ1) is 29.4. The predicted octanol–water partition coefficient (Wildman–Crippen LogP) is 7.12. The molecule has 0 bridgehead atoms. The first-order chi connectivity index (χ1) is 20.9. The van der Waals surface area contributed by atoms with Gasteiger partial charge in [-0.05, 0) is 53.8 Å². The number of hydrogen-bond acceptors (Lipinski definition) is 6. The second-order valence-electron chi connectivity index (χ2n) is 11.8. The highest BCUT2D eigenvalue weighted by Crippen LogP contribution is 2.52. The zero-order valence-corrected chi connectivity index (χ0v) is 24.9. The quantitative estimate of drug-likeness (QED) is 0.232. The molecule has 2 heterocycles. The van der Waals surface area contributed by atoms with Crippen molar-refractivity contribution in [2.45, 2.75) is 32.9 Å². The normalized spacial score (nSPS) is 18.5. The van der Waals surface area contributed by atoms with Gasteiger partial charge in [0, 0.05) is 17.3 Å². The Morgan fingerprint density at radius 2 is 1.70 bits per heavy atom. The molecule has 0 radical (unpaired) electrons. The molecule has 4 aromatic carbocycles. The van der Waals surface area contributed by atoms with E-state index >= 15 is 8.78 Å². The Hall–Kier alpha value is -4.70. The van der Waals surface area contributed by atoms with Crippen LogP contribution in [0.5, 0.6) is 11.5 Å². The van der Waals surface area contributed by atoms with Gasteiger partial charge in [-0.25, -0.2) is 17.2 Å². The molecular weight excluding hydrogens is 586 g/mol. The summed E-state index contributed by atoms with van der Waals surface area (Å²) in [6.45, 7) is 3.77. The lowest BCUT2D eigenvalue weighted by atomic mass is 9.88. The van der Waals surface area contributed by atoms with Gasteiger partial charge in [0.2, 0.25) is 0 Å². The number of sulfone groups is 1. The number of nitrogens with one attached hydrogen (secondary N) is 1. The summed E-state index contributed by atoms with van der Waals surface area (Å²) >= 11 is 0. The van der Waals surface area contributed by atoms with E-state index in [4.69, 9.17) is 4.74 Å². The number of anilines is 2. The Balaban J connectivity index is 1.57. The number of aromatic hydroxyl groups is 1. The summed E-state index contributed by atoms with van der Waals surface area (Å²) in [6, 6.07) is 21.5. The van der Waals surface area contributed by atoms with E-state index in [0.717, 1.165) is 22.6 Å². The molecular formula is C34H30F2N2O5S. The minimum Gasteiger partial charge on any atom is -0.506 e. The van der Waals surface area contributed by atoms with E-state index in [9.17, 15) is 18.3 Å². The minimum absolute atomic E-state index is 0.0586. The molecule has 226 valence electrons. The zero-order valence-electron chi connectivity index (χ0n) is 24.1. The number of ether oxygens (including phenoxy) is 1. The van der Waals surface area contributed by atoms with Crippen LogP contribution in [0, 0.1) is 17.0 Å². The summed E-state index contributed by atoms with van der Waals surface area (Å²) in [5.74, 6) is -2.87. The number of nitrogens with zero attached hydrogens (tertiary/aromatic N) is 1. The summed E-state index contributed by atoms with van der Waals surface area (Å²) in [5.41, 5.74) is 0.0381. The first-order valence-electron chi connectivity index (χ1n) is 14.0. The average Bonchev–Trinajstić information content (AvgIpc) is 3.11. The number of phenols is 1. The molecule has 0 saturated heterocycles. The molecule has 4 aromatic rings. The highest BCUT2D eigenvalue weighted by Gasteiger charge is 2.48. The van der Waals surface area contributed by atoms with Crippen molar-refractivity contribution in [1.82, 2.24) is 0 Å². The van der Waals surface area contributed by atoms with E-state index in [2.05, 4.69) is 5.32 Å². The van der Waals surface area contributed by atoms with Gasteiger partial charge in [0.1, 0.15) is 41.5 Å². The predicted molar refractivity (Wildman–Crippen MR) is 164 cm³/mol. The molecule has 2 N–H and O–H groups in total. The van der Waals surface area contributed by atoms with Crippen LogP contribution < -0.4 is 15.0 Å². The number of para-hydroxylation sites is 1. The van der Waals surface area contributed by atoms with Crippen LogP contribution in [0.1, 0.15) is 47.8 Å². The van der Waals surface area contributed by atoms with Gasteiger partial charge in [0.15, 0.2) is 9.84 Å². The van der Waals surface area contributed by atoms with Crippen molar-refractivity contribution in [2.24, 2.45) is 5.41 Å². The number of halogens is 2. The molecule has 0 aliphatic carbocycles. The average molecular weight is 617 g/mol. The number of rotatable bonds is 5. The number of phenolic OH excluding ortho intramolecular Hbond substituents is 1. The van der Waals surface area contributed by atoms with E-state index in [0.29, 0.717) is 0 Å². The summed E-state index contributed by atoms with van der Waals surface area (Å²) in [6.07, 6.45) is 0.230. The lowest BCUT2D eigenvalue weighted by Crippen LogP contribution is -2.41. The summed E-state index contributed by atoms with van der Waals surface area (Å²) in [7, 11) is -4.12. The molecule has 2 aliphatic heterocycles. The lowest BCUT2D eigenvalue weighted by molar-refractivity contribution is 0.0976. The van der Waals surface area contributed by atoms with Crippen molar-refractivity contribution >= 4 is 27.1 Å². The van der Waals surface area contributed by atoms with E-state index in [1.54, 1.807) is 13.8 Å². The number of allylic oxidation sites excluding steroid dienone is 1. The van der Waals surface area contributed by atoms with Crippen molar-refractivity contribution < 1.29 is 31.8 Å². The number of hydrogen-bond donors (Lipinski definition) is 2. The SMILES string of the molecule is CC1(C)CC2=C(C(c3ccc(OCc4ccccc4)cc3F)N(C(=O)c3ccccc3F)c3cccc(O)c3N2)S(=O)(=O)C1. The smallest absolute Gasteiger partial charge is 0.262 e. The van der Waals surface area contributed by atoms with Crippen LogP contribution in [0.15, 0.2) is 102 Å². The van der Waals surface area contributed by atoms with Crippen LogP contribution in [-0.4, -0.2) is 25.2 Å². The fourth-order valence-corrected chi connectivity index (χ4v) is 8.29. The molecule has 10 heteroatoms. The molecule has 1 unspecified atom stereocenters. The molecule has 0 spiro atoms. The number of amides is 1. The van der Waals surface area contributed by atoms with Crippen molar-refractivity contribution in [2.75, 3.05) is 16.0 Å². The first-order valence-corrected chi connectivity index (χ1v) is 15.7. The standard InChI is InChI=1S/C34H30F2N2O5S/c1-34(2)18-27-32(44(41,42)20-34)31(23-16-15-22(17-26(23)36)43-19-21-9-4-3-5-10-21)38(28-13-8-14-29(39)30(28)37-27)33(40)24-11-6-7-12-25(24)35/h3-17,31,37,39H,18-20H2,1-2H3. The highest BCUT2D eigenvalue weighted by atomic mass is 32.2. The van der Waals surface area contributed by atoms with Crippen molar-refractivity contribution in [3.8, 4) is 11.5 Å². The maximum atomic E-state index is 16.3. The Bertz CT molecular complexity index is 1910. The van der Waals surface area contributed by atoms with Crippen LogP contribution in [0.3, 0.4) is 0 Å². The third-order valence-corrected chi connectivity index (χ3v) is 10.1. The Labute approximate surface area is 254 Å². The molecule has 1 atom stereocenters. The third kappa shape index (κ3) is 5.41. The number of carbonyl (C=O) groups is 1. The van der Waals surface area contributed by atoms with Crippen LogP contribution in [0.4, 0.5) is 20.2 Å². The summed E-state index contributed by atoms with van der Waals surface area (Å²) in [5, 5.41) is 14.0. The second kappa shape index (κ2) is 11.1. The number of carbonyl (C=O) groups excluding carboxylic acids is 1. The molecule has 7 nitrogen and oxygen atoms in total. The van der Waals surface area contributed by atoms with Crippen molar-refractivity contribution in [3.05, 3.63) is 130 Å². The molecule has 44 heavy (non-hydrogen) atoms.